The lowest BCUT2D eigenvalue weighted by atomic mass is 9.93. The van der Waals surface area contributed by atoms with Crippen LogP contribution in [0.15, 0.2) is 0 Å². The summed E-state index contributed by atoms with van der Waals surface area (Å²) >= 11 is 4.39. The van der Waals surface area contributed by atoms with Gasteiger partial charge >= 0.3 is 0 Å². The van der Waals surface area contributed by atoms with Crippen LogP contribution < -0.4 is 11.1 Å². The summed E-state index contributed by atoms with van der Waals surface area (Å²) in [6, 6.07) is -0.967. The number of nitrogens with two attached hydrogens (primary N) is 1. The van der Waals surface area contributed by atoms with Gasteiger partial charge in [-0.3, -0.25) is 19.3 Å². The van der Waals surface area contributed by atoms with E-state index in [1.54, 1.807) is 0 Å². The van der Waals surface area contributed by atoms with Gasteiger partial charge in [0, 0.05) is 24.8 Å². The van der Waals surface area contributed by atoms with Crippen LogP contribution in [0.25, 0.3) is 0 Å². The minimum absolute atomic E-state index is 0.0473. The smallest absolute Gasteiger partial charge is 0.244 e. The molecule has 2 atom stereocenters. The number of rotatable bonds is 7. The maximum atomic E-state index is 12.1. The number of hydrogen-bond donors (Lipinski definition) is 3. The van der Waals surface area contributed by atoms with Crippen LogP contribution in [-0.2, 0) is 14.4 Å². The molecular weight excluding hydrogens is 290 g/mol. The quantitative estimate of drug-likeness (QED) is 0.478. The SMILES string of the molecule is CC.CNC(=O)C(CN)N(C=O)C(=O)CC(C)C(C)(C)S. The molecule has 0 rings (SSSR count). The van der Waals surface area contributed by atoms with Crippen LogP contribution in [-0.4, -0.2) is 47.5 Å². The summed E-state index contributed by atoms with van der Waals surface area (Å²) in [6.45, 7) is 9.53. The average Bonchev–Trinajstić information content (AvgIpc) is 2.44. The molecule has 0 saturated heterocycles. The Morgan fingerprint density at radius 2 is 1.86 bits per heavy atom. The number of amides is 3. The van der Waals surface area contributed by atoms with Crippen molar-refractivity contribution in [3.63, 3.8) is 0 Å². The zero-order valence-electron chi connectivity index (χ0n) is 13.8. The van der Waals surface area contributed by atoms with Gasteiger partial charge < -0.3 is 11.1 Å². The molecule has 6 nitrogen and oxygen atoms in total. The van der Waals surface area contributed by atoms with Gasteiger partial charge in [0.15, 0.2) is 0 Å². The van der Waals surface area contributed by atoms with Gasteiger partial charge in [-0.05, 0) is 5.92 Å². The molecule has 0 aliphatic heterocycles. The normalized spacial score (nSPS) is 13.3. The van der Waals surface area contributed by atoms with Crippen LogP contribution in [0.1, 0.15) is 41.0 Å². The van der Waals surface area contributed by atoms with Crippen LogP contribution in [0, 0.1) is 5.92 Å². The summed E-state index contributed by atoms with van der Waals surface area (Å²) in [5.41, 5.74) is 5.45. The van der Waals surface area contributed by atoms with E-state index < -0.39 is 17.9 Å². The molecular formula is C14H29N3O3S. The summed E-state index contributed by atoms with van der Waals surface area (Å²) in [4.78, 5) is 35.6. The van der Waals surface area contributed by atoms with E-state index >= 15 is 0 Å². The van der Waals surface area contributed by atoms with Gasteiger partial charge in [0.25, 0.3) is 0 Å². The number of likely N-dealkylation sites (N-methyl/N-ethyl adjacent to an activating group) is 1. The molecule has 21 heavy (non-hydrogen) atoms. The molecule has 0 aromatic rings. The first kappa shape index (κ1) is 22.2. The Bertz CT molecular complexity index is 343. The molecule has 3 N–H and O–H groups in total. The Balaban J connectivity index is 0. The summed E-state index contributed by atoms with van der Waals surface area (Å²) in [7, 11) is 1.43. The maximum absolute atomic E-state index is 12.1. The number of nitrogens with zero attached hydrogens (tertiary/aromatic N) is 1. The minimum Gasteiger partial charge on any atom is -0.357 e. The first-order valence-corrected chi connectivity index (χ1v) is 7.54. The lowest BCUT2D eigenvalue weighted by Gasteiger charge is -2.29. The van der Waals surface area contributed by atoms with E-state index in [0.29, 0.717) is 6.41 Å². The topological polar surface area (TPSA) is 92.5 Å². The fraction of sp³-hybridized carbons (Fsp3) is 0.786. The van der Waals surface area contributed by atoms with Crippen molar-refractivity contribution in [1.82, 2.24) is 10.2 Å². The molecule has 124 valence electrons. The van der Waals surface area contributed by atoms with E-state index in [0.717, 1.165) is 4.90 Å². The van der Waals surface area contributed by atoms with Crippen LogP contribution >= 0.6 is 12.6 Å². The van der Waals surface area contributed by atoms with Gasteiger partial charge in [-0.2, -0.15) is 12.6 Å². The highest BCUT2D eigenvalue weighted by Gasteiger charge is 2.31. The molecule has 0 bridgehead atoms. The van der Waals surface area contributed by atoms with E-state index in [4.69, 9.17) is 5.73 Å². The monoisotopic (exact) mass is 319 g/mol. The highest BCUT2D eigenvalue weighted by Crippen LogP contribution is 2.26. The van der Waals surface area contributed by atoms with Crippen molar-refractivity contribution in [2.24, 2.45) is 11.7 Å². The zero-order chi connectivity index (χ0) is 17.2. The van der Waals surface area contributed by atoms with Gasteiger partial charge in [-0.1, -0.05) is 34.6 Å². The third-order valence-corrected chi connectivity index (χ3v) is 3.64. The van der Waals surface area contributed by atoms with Crippen LogP contribution in [0.2, 0.25) is 0 Å². The summed E-state index contributed by atoms with van der Waals surface area (Å²) < 4.78 is -0.352. The van der Waals surface area contributed by atoms with Crippen molar-refractivity contribution in [1.29, 1.82) is 0 Å². The van der Waals surface area contributed by atoms with Gasteiger partial charge in [0.1, 0.15) is 6.04 Å². The number of imide groups is 1. The predicted molar refractivity (Wildman–Crippen MR) is 88.0 cm³/mol. The zero-order valence-corrected chi connectivity index (χ0v) is 14.7. The van der Waals surface area contributed by atoms with E-state index in [1.807, 2.05) is 34.6 Å². The molecule has 7 heteroatoms. The summed E-state index contributed by atoms with van der Waals surface area (Å²) in [5, 5.41) is 2.38. The third kappa shape index (κ3) is 7.47. The van der Waals surface area contributed by atoms with Gasteiger partial charge in [0.05, 0.1) is 0 Å². The molecule has 0 heterocycles. The molecule has 0 spiro atoms. The third-order valence-electron chi connectivity index (χ3n) is 3.20. The van der Waals surface area contributed by atoms with Crippen molar-refractivity contribution >= 4 is 30.9 Å². The lowest BCUT2D eigenvalue weighted by molar-refractivity contribution is -0.146. The molecule has 0 aromatic carbocycles. The number of nitrogens with one attached hydrogen (secondary N) is 1. The molecule has 0 aromatic heterocycles. The fourth-order valence-corrected chi connectivity index (χ4v) is 1.53. The van der Waals surface area contributed by atoms with Crippen molar-refractivity contribution in [3.05, 3.63) is 0 Å². The lowest BCUT2D eigenvalue weighted by Crippen LogP contribution is -2.52. The van der Waals surface area contributed by atoms with Crippen LogP contribution in [0.4, 0.5) is 0 Å². The van der Waals surface area contributed by atoms with E-state index in [1.165, 1.54) is 7.05 Å². The predicted octanol–water partition coefficient (Wildman–Crippen LogP) is 0.805. The van der Waals surface area contributed by atoms with Crippen molar-refractivity contribution in [3.8, 4) is 0 Å². The van der Waals surface area contributed by atoms with E-state index in [-0.39, 0.29) is 23.6 Å². The number of hydrogen-bond acceptors (Lipinski definition) is 5. The van der Waals surface area contributed by atoms with Crippen molar-refractivity contribution in [2.45, 2.75) is 51.8 Å². The largest absolute Gasteiger partial charge is 0.357 e. The van der Waals surface area contributed by atoms with Gasteiger partial charge in [-0.15, -0.1) is 0 Å². The second-order valence-corrected chi connectivity index (χ2v) is 6.18. The van der Waals surface area contributed by atoms with E-state index in [2.05, 4.69) is 17.9 Å². The Morgan fingerprint density at radius 1 is 1.38 bits per heavy atom. The molecule has 2 unspecified atom stereocenters. The molecule has 0 saturated carbocycles. The summed E-state index contributed by atoms with van der Waals surface area (Å²) in [6.07, 6.45) is 0.482. The molecule has 0 radical (unpaired) electrons. The van der Waals surface area contributed by atoms with Gasteiger partial charge in [0.2, 0.25) is 18.2 Å². The fourth-order valence-electron chi connectivity index (χ4n) is 1.44. The highest BCUT2D eigenvalue weighted by molar-refractivity contribution is 7.81. The molecule has 3 amide bonds. The number of thiol groups is 1. The Morgan fingerprint density at radius 3 is 2.14 bits per heavy atom. The van der Waals surface area contributed by atoms with Crippen molar-refractivity contribution < 1.29 is 14.4 Å². The van der Waals surface area contributed by atoms with Crippen LogP contribution in [0.3, 0.4) is 0 Å². The van der Waals surface area contributed by atoms with Crippen molar-refractivity contribution in [2.75, 3.05) is 13.6 Å². The maximum Gasteiger partial charge on any atom is 0.244 e. The molecule has 0 fully saturated rings. The molecule has 0 aliphatic carbocycles. The minimum atomic E-state index is -0.967. The van der Waals surface area contributed by atoms with Crippen LogP contribution in [0.5, 0.6) is 0 Å². The standard InChI is InChI=1S/C12H23N3O3S.C2H6/c1-8(12(2,3)19)5-10(17)15(7-16)9(6-13)11(18)14-4;1-2/h7-9,19H,5-6,13H2,1-4H3,(H,14,18);1-2H3. The second kappa shape index (κ2) is 10.6. The number of carbonyl (C=O) groups excluding carboxylic acids is 3. The highest BCUT2D eigenvalue weighted by atomic mass is 32.1. The Labute approximate surface area is 133 Å². The average molecular weight is 319 g/mol. The Hall–Kier alpha value is -1.08. The first-order valence-electron chi connectivity index (χ1n) is 7.09. The van der Waals surface area contributed by atoms with E-state index in [9.17, 15) is 14.4 Å². The second-order valence-electron chi connectivity index (χ2n) is 5.03. The number of carbonyl (C=O) groups is 3. The summed E-state index contributed by atoms with van der Waals surface area (Å²) in [5.74, 6) is -0.932. The van der Waals surface area contributed by atoms with Gasteiger partial charge in [-0.25, -0.2) is 0 Å². The molecule has 0 aliphatic rings. The Kier molecular flexibility index (Phi) is 11.2. The first-order chi connectivity index (χ1) is 9.68.